The number of hydrogen-bond acceptors (Lipinski definition) is 11. The molecule has 1 aliphatic heterocycles. The summed E-state index contributed by atoms with van der Waals surface area (Å²) in [7, 11) is -0.184. The molecule has 1 aliphatic rings. The van der Waals surface area contributed by atoms with E-state index in [0.717, 1.165) is 12.1 Å². The molecule has 1 atom stereocenters. The quantitative estimate of drug-likeness (QED) is 0.145. The van der Waals surface area contributed by atoms with Gasteiger partial charge in [-0.3, -0.25) is 0 Å². The highest BCUT2D eigenvalue weighted by atomic mass is 32.2. The van der Waals surface area contributed by atoms with Gasteiger partial charge in [0, 0.05) is 25.6 Å². The van der Waals surface area contributed by atoms with Gasteiger partial charge < -0.3 is 24.3 Å². The molecule has 0 aliphatic carbocycles. The molecule has 0 bridgehead atoms. The summed E-state index contributed by atoms with van der Waals surface area (Å²) < 4.78 is 76.9. The van der Waals surface area contributed by atoms with Crippen LogP contribution in [0.4, 0.5) is 5.95 Å². The van der Waals surface area contributed by atoms with Gasteiger partial charge in [-0.1, -0.05) is 42.5 Å². The van der Waals surface area contributed by atoms with E-state index in [1.54, 1.807) is 73.3 Å². The second-order valence-electron chi connectivity index (χ2n) is 14.1. The van der Waals surface area contributed by atoms with E-state index in [2.05, 4.69) is 29.8 Å². The topological polar surface area (TPSA) is 198 Å². The predicted octanol–water partition coefficient (Wildman–Crippen LogP) is 3.15. The standard InChI is InChI=1S/C37H43N10O6S2/c1-45-31-8-6-7-30(34(31)40-37(45)38)29-17-18-32(54(48,49)43-26-19-20-47(2,3)23-26)35(55(50,51)39-21-24-9-13-27(52-4)14-10-24)33(29)36-41-44-46(42-36)22-25-11-15-28(53-5)16-12-25/h6-18,26,39,43H,19-23H2,1-5H3,(H2,38,40)/q+1/t26-/m0/s1. The number of benzene rings is 4. The van der Waals surface area contributed by atoms with E-state index >= 15 is 0 Å². The minimum Gasteiger partial charge on any atom is -0.497 e. The highest BCUT2D eigenvalue weighted by Gasteiger charge is 2.38. The van der Waals surface area contributed by atoms with Crippen molar-refractivity contribution in [3.8, 4) is 34.0 Å². The van der Waals surface area contributed by atoms with Gasteiger partial charge in [0.2, 0.25) is 31.8 Å². The van der Waals surface area contributed by atoms with Crippen LogP contribution in [0.5, 0.6) is 11.5 Å². The van der Waals surface area contributed by atoms with Crippen molar-refractivity contribution < 1.29 is 30.8 Å². The smallest absolute Gasteiger partial charge is 0.242 e. The molecule has 288 valence electrons. The largest absolute Gasteiger partial charge is 0.497 e. The first kappa shape index (κ1) is 37.9. The summed E-state index contributed by atoms with van der Waals surface area (Å²) in [5.41, 5.74) is 9.58. The van der Waals surface area contributed by atoms with Gasteiger partial charge >= 0.3 is 0 Å². The molecule has 6 aromatic rings. The van der Waals surface area contributed by atoms with E-state index in [1.165, 1.54) is 18.0 Å². The number of likely N-dealkylation sites (N-methyl/N-ethyl adjacent to an activating group) is 1. The number of anilines is 1. The molecule has 7 rings (SSSR count). The van der Waals surface area contributed by atoms with Crippen LogP contribution in [0.25, 0.3) is 33.5 Å². The number of imidazole rings is 1. The molecule has 16 nitrogen and oxygen atoms in total. The van der Waals surface area contributed by atoms with Crippen molar-refractivity contribution in [1.82, 2.24) is 39.2 Å². The fourth-order valence-corrected chi connectivity index (χ4v) is 10.2. The number of likely N-dealkylation sites (tertiary alicyclic amines) is 1. The van der Waals surface area contributed by atoms with E-state index in [0.29, 0.717) is 56.7 Å². The fourth-order valence-electron chi connectivity index (χ4n) is 6.90. The molecular formula is C37H43N10O6S2+. The molecule has 18 heteroatoms. The Balaban J connectivity index is 1.44. The van der Waals surface area contributed by atoms with Crippen LogP contribution in [-0.2, 0) is 40.2 Å². The number of sulfonamides is 2. The number of para-hydroxylation sites is 1. The Hall–Kier alpha value is -5.40. The molecule has 4 aromatic carbocycles. The summed E-state index contributed by atoms with van der Waals surface area (Å²) >= 11 is 0. The third-order valence-corrected chi connectivity index (χ3v) is 13.0. The number of aryl methyl sites for hydroxylation is 1. The molecule has 55 heavy (non-hydrogen) atoms. The number of nitrogen functional groups attached to an aromatic ring is 1. The number of tetrazole rings is 1. The molecular weight excluding hydrogens is 745 g/mol. The first-order valence-corrected chi connectivity index (χ1v) is 20.4. The van der Waals surface area contributed by atoms with Gasteiger partial charge in [-0.15, -0.1) is 10.2 Å². The minimum atomic E-state index is -4.65. The van der Waals surface area contributed by atoms with Gasteiger partial charge in [-0.2, -0.15) is 4.80 Å². The second-order valence-corrected chi connectivity index (χ2v) is 17.5. The number of hydrogen-bond donors (Lipinski definition) is 3. The lowest BCUT2D eigenvalue weighted by atomic mass is 9.98. The Kier molecular flexibility index (Phi) is 10.1. The van der Waals surface area contributed by atoms with Crippen LogP contribution in [0.3, 0.4) is 0 Å². The molecule has 3 heterocycles. The molecule has 4 N–H and O–H groups in total. The monoisotopic (exact) mass is 787 g/mol. The fraction of sp³-hybridized carbons (Fsp3) is 0.297. The number of fused-ring (bicyclic) bond motifs is 1. The summed E-state index contributed by atoms with van der Waals surface area (Å²) in [4.78, 5) is 4.94. The van der Waals surface area contributed by atoms with Crippen LogP contribution in [0.2, 0.25) is 0 Å². The molecule has 1 saturated heterocycles. The van der Waals surface area contributed by atoms with Gasteiger partial charge in [0.05, 0.1) is 70.6 Å². The highest BCUT2D eigenvalue weighted by molar-refractivity contribution is 7.92. The number of quaternary nitrogens is 1. The Morgan fingerprint density at radius 3 is 2.18 bits per heavy atom. The number of rotatable bonds is 13. The zero-order valence-corrected chi connectivity index (χ0v) is 32.7. The van der Waals surface area contributed by atoms with Crippen molar-refractivity contribution in [3.63, 3.8) is 0 Å². The van der Waals surface area contributed by atoms with E-state index in [1.807, 2.05) is 32.3 Å². The summed E-state index contributed by atoms with van der Waals surface area (Å²) in [6, 6.07) is 22.0. The van der Waals surface area contributed by atoms with Crippen LogP contribution in [0.1, 0.15) is 17.5 Å². The number of methoxy groups -OCH3 is 2. The van der Waals surface area contributed by atoms with E-state index in [9.17, 15) is 16.8 Å². The Bertz CT molecular complexity index is 2590. The number of aromatic nitrogens is 6. The van der Waals surface area contributed by atoms with Gasteiger partial charge in [0.25, 0.3) is 0 Å². The van der Waals surface area contributed by atoms with E-state index in [-0.39, 0.29) is 30.4 Å². The lowest BCUT2D eigenvalue weighted by Crippen LogP contribution is -2.42. The average molecular weight is 788 g/mol. The summed E-state index contributed by atoms with van der Waals surface area (Å²) in [5.74, 6) is 1.41. The molecule has 0 spiro atoms. The van der Waals surface area contributed by atoms with E-state index < -0.39 is 35.9 Å². The second kappa shape index (κ2) is 14.7. The average Bonchev–Trinajstić information content (AvgIpc) is 3.86. The zero-order valence-electron chi connectivity index (χ0n) is 31.1. The Morgan fingerprint density at radius 1 is 0.873 bits per heavy atom. The van der Waals surface area contributed by atoms with Crippen molar-refractivity contribution >= 4 is 37.0 Å². The van der Waals surface area contributed by atoms with Crippen LogP contribution in [0, 0.1) is 0 Å². The van der Waals surface area contributed by atoms with Crippen LogP contribution < -0.4 is 24.7 Å². The lowest BCUT2D eigenvalue weighted by molar-refractivity contribution is -0.878. The van der Waals surface area contributed by atoms with Crippen molar-refractivity contribution in [3.05, 3.63) is 90.0 Å². The molecule has 0 saturated carbocycles. The van der Waals surface area contributed by atoms with Crippen molar-refractivity contribution in [2.45, 2.75) is 35.3 Å². The number of nitrogens with one attached hydrogen (secondary N) is 2. The Labute approximate surface area is 319 Å². The molecule has 0 unspecified atom stereocenters. The molecule has 1 fully saturated rings. The minimum absolute atomic E-state index is 0.0645. The predicted molar refractivity (Wildman–Crippen MR) is 207 cm³/mol. The number of ether oxygens (including phenoxy) is 2. The Morgan fingerprint density at radius 2 is 1.55 bits per heavy atom. The SMILES string of the molecule is COc1ccc(CNS(=O)(=O)c2c(S(=O)(=O)N[C@H]3CC[N+](C)(C)C3)ccc(-c3cccc4c3nc(N)n4C)c2-c2nnn(Cc3ccc(OC)cc3)n2)cc1. The first-order valence-electron chi connectivity index (χ1n) is 17.4. The van der Waals surface area contributed by atoms with Gasteiger partial charge in [-0.25, -0.2) is 31.3 Å². The molecule has 2 aromatic heterocycles. The van der Waals surface area contributed by atoms with Gasteiger partial charge in [0.1, 0.15) is 21.3 Å². The van der Waals surface area contributed by atoms with Gasteiger partial charge in [0.15, 0.2) is 0 Å². The summed E-state index contributed by atoms with van der Waals surface area (Å²) in [5, 5.41) is 13.3. The zero-order chi connectivity index (χ0) is 39.1. The van der Waals surface area contributed by atoms with Crippen LogP contribution in [0.15, 0.2) is 88.7 Å². The van der Waals surface area contributed by atoms with Crippen molar-refractivity contribution in [1.29, 1.82) is 0 Å². The van der Waals surface area contributed by atoms with Crippen LogP contribution in [-0.4, -0.2) is 98.5 Å². The molecule has 0 radical (unpaired) electrons. The van der Waals surface area contributed by atoms with Crippen LogP contribution >= 0.6 is 0 Å². The maximum absolute atomic E-state index is 14.8. The molecule has 0 amide bonds. The lowest BCUT2D eigenvalue weighted by Gasteiger charge is -2.24. The summed E-state index contributed by atoms with van der Waals surface area (Å²) in [6.07, 6.45) is 0.583. The normalized spacial score (nSPS) is 15.8. The maximum Gasteiger partial charge on any atom is 0.242 e. The number of nitrogens with zero attached hydrogens (tertiary/aromatic N) is 7. The van der Waals surface area contributed by atoms with Gasteiger partial charge in [-0.05, 0) is 58.3 Å². The third-order valence-electron chi connectivity index (χ3n) is 9.82. The third kappa shape index (κ3) is 7.76. The van der Waals surface area contributed by atoms with Crippen molar-refractivity contribution in [2.75, 3.05) is 47.1 Å². The summed E-state index contributed by atoms with van der Waals surface area (Å²) in [6.45, 7) is 1.32. The van der Waals surface area contributed by atoms with E-state index in [4.69, 9.17) is 15.2 Å². The maximum atomic E-state index is 14.8. The first-order chi connectivity index (χ1) is 26.2. The number of nitrogens with two attached hydrogens (primary N) is 1. The highest BCUT2D eigenvalue weighted by Crippen LogP contribution is 2.42. The van der Waals surface area contributed by atoms with Crippen molar-refractivity contribution in [2.24, 2.45) is 7.05 Å².